The third kappa shape index (κ3) is 4.62. The van der Waals surface area contributed by atoms with E-state index in [4.69, 9.17) is 0 Å². The van der Waals surface area contributed by atoms with Crippen LogP contribution in [0.25, 0.3) is 12.2 Å². The molecule has 2 nitrogen and oxygen atoms in total. The summed E-state index contributed by atoms with van der Waals surface area (Å²) >= 11 is 0. The smallest absolute Gasteiger partial charge is 0.169 e. The minimum absolute atomic E-state index is 0.205. The van der Waals surface area contributed by atoms with Crippen molar-refractivity contribution in [3.05, 3.63) is 83.9 Å². The van der Waals surface area contributed by atoms with Gasteiger partial charge in [0.05, 0.1) is 5.41 Å². The summed E-state index contributed by atoms with van der Waals surface area (Å²) in [5.74, 6) is -0.409. The number of hydrogen-bond acceptors (Lipinski definition) is 2. The van der Waals surface area contributed by atoms with Gasteiger partial charge >= 0.3 is 0 Å². The van der Waals surface area contributed by atoms with Gasteiger partial charge in [-0.3, -0.25) is 9.59 Å². The van der Waals surface area contributed by atoms with Crippen LogP contribution in [-0.2, 0) is 9.59 Å². The fourth-order valence-electron chi connectivity index (χ4n) is 2.01. The summed E-state index contributed by atoms with van der Waals surface area (Å²) in [6, 6.07) is 19.1. The molecule has 2 aromatic carbocycles. The number of benzene rings is 2. The van der Waals surface area contributed by atoms with E-state index >= 15 is 0 Å². The molecule has 0 heterocycles. The van der Waals surface area contributed by atoms with Crippen LogP contribution in [-0.4, -0.2) is 11.6 Å². The molecule has 0 saturated heterocycles. The molecule has 0 radical (unpaired) electrons. The van der Waals surface area contributed by atoms with Crippen molar-refractivity contribution < 1.29 is 9.59 Å². The predicted octanol–water partition coefficient (Wildman–Crippen LogP) is 4.58. The molecular formula is C21H20O2. The standard InChI is InChI=1S/C21H20O2/c1-21(2,19(22)15-13-17-9-5-3-6-10-17)20(23)16-14-18-11-7-4-8-12-18/h3-16H,1-2H3/b15-13+,16-14+. The Morgan fingerprint density at radius 3 is 1.39 bits per heavy atom. The van der Waals surface area contributed by atoms with E-state index < -0.39 is 5.41 Å². The second-order valence-electron chi connectivity index (χ2n) is 5.84. The normalized spacial score (nSPS) is 11.9. The van der Waals surface area contributed by atoms with Crippen molar-refractivity contribution in [2.24, 2.45) is 5.41 Å². The molecule has 2 rings (SSSR count). The van der Waals surface area contributed by atoms with Crippen LogP contribution in [0.3, 0.4) is 0 Å². The van der Waals surface area contributed by atoms with Crippen LogP contribution in [0.5, 0.6) is 0 Å². The van der Waals surface area contributed by atoms with Crippen molar-refractivity contribution in [1.29, 1.82) is 0 Å². The molecule has 0 atom stereocenters. The van der Waals surface area contributed by atoms with Gasteiger partial charge in [-0.25, -0.2) is 0 Å². The first-order chi connectivity index (χ1) is 11.0. The van der Waals surface area contributed by atoms with E-state index in [0.717, 1.165) is 11.1 Å². The van der Waals surface area contributed by atoms with E-state index in [2.05, 4.69) is 0 Å². The quantitative estimate of drug-likeness (QED) is 0.578. The van der Waals surface area contributed by atoms with E-state index in [-0.39, 0.29) is 11.6 Å². The number of allylic oxidation sites excluding steroid dienone is 2. The topological polar surface area (TPSA) is 34.1 Å². The van der Waals surface area contributed by atoms with Crippen LogP contribution in [0.15, 0.2) is 72.8 Å². The summed E-state index contributed by atoms with van der Waals surface area (Å²) in [5.41, 5.74) is 0.796. The van der Waals surface area contributed by atoms with Crippen molar-refractivity contribution in [2.75, 3.05) is 0 Å². The van der Waals surface area contributed by atoms with Gasteiger partial charge < -0.3 is 0 Å². The summed E-state index contributed by atoms with van der Waals surface area (Å²) in [4.78, 5) is 24.7. The molecule has 0 bridgehead atoms. The number of rotatable bonds is 6. The van der Waals surface area contributed by atoms with Gasteiger partial charge in [-0.05, 0) is 37.1 Å². The Labute approximate surface area is 137 Å². The van der Waals surface area contributed by atoms with Gasteiger partial charge in [0.15, 0.2) is 11.6 Å². The lowest BCUT2D eigenvalue weighted by Gasteiger charge is -2.17. The lowest BCUT2D eigenvalue weighted by Crippen LogP contribution is -2.30. The maximum Gasteiger partial charge on any atom is 0.169 e. The Balaban J connectivity index is 2.07. The highest BCUT2D eigenvalue weighted by Crippen LogP contribution is 2.21. The minimum atomic E-state index is -1.07. The molecule has 23 heavy (non-hydrogen) atoms. The zero-order valence-electron chi connectivity index (χ0n) is 13.4. The SMILES string of the molecule is CC(C)(C(=O)/C=C/c1ccccc1)C(=O)/C=C/c1ccccc1. The molecule has 116 valence electrons. The first-order valence-corrected chi connectivity index (χ1v) is 7.55. The van der Waals surface area contributed by atoms with Crippen LogP contribution in [0.4, 0.5) is 0 Å². The average Bonchev–Trinajstić information content (AvgIpc) is 2.59. The van der Waals surface area contributed by atoms with Gasteiger partial charge in [-0.1, -0.05) is 72.8 Å². The van der Waals surface area contributed by atoms with Gasteiger partial charge in [0.2, 0.25) is 0 Å². The molecule has 0 N–H and O–H groups in total. The summed E-state index contributed by atoms with van der Waals surface area (Å²) in [7, 11) is 0. The zero-order chi connectivity index (χ0) is 16.7. The van der Waals surface area contributed by atoms with E-state index in [1.54, 1.807) is 26.0 Å². The van der Waals surface area contributed by atoms with Gasteiger partial charge in [-0.2, -0.15) is 0 Å². The Hall–Kier alpha value is -2.74. The van der Waals surface area contributed by atoms with Gasteiger partial charge in [0.1, 0.15) is 0 Å². The number of ketones is 2. The summed E-state index contributed by atoms with van der Waals surface area (Å²) in [6.07, 6.45) is 6.42. The highest BCUT2D eigenvalue weighted by atomic mass is 16.2. The first kappa shape index (κ1) is 16.6. The van der Waals surface area contributed by atoms with E-state index in [0.29, 0.717) is 0 Å². The number of carbonyl (C=O) groups excluding carboxylic acids is 2. The molecule has 0 aromatic heterocycles. The maximum atomic E-state index is 12.3. The summed E-state index contributed by atoms with van der Waals surface area (Å²) in [5, 5.41) is 0. The predicted molar refractivity (Wildman–Crippen MR) is 94.7 cm³/mol. The monoisotopic (exact) mass is 304 g/mol. The molecule has 0 saturated carbocycles. The number of hydrogen-bond donors (Lipinski definition) is 0. The van der Waals surface area contributed by atoms with Crippen LogP contribution >= 0.6 is 0 Å². The van der Waals surface area contributed by atoms with Crippen LogP contribution < -0.4 is 0 Å². The molecule has 0 aliphatic rings. The zero-order valence-corrected chi connectivity index (χ0v) is 13.4. The van der Waals surface area contributed by atoms with Crippen LogP contribution in [0.1, 0.15) is 25.0 Å². The number of carbonyl (C=O) groups is 2. The second kappa shape index (κ2) is 7.50. The van der Waals surface area contributed by atoms with Crippen molar-refractivity contribution in [1.82, 2.24) is 0 Å². The fraction of sp³-hybridized carbons (Fsp3) is 0.143. The highest BCUT2D eigenvalue weighted by molar-refractivity contribution is 6.16. The Bertz CT molecular complexity index is 659. The van der Waals surface area contributed by atoms with E-state index in [9.17, 15) is 9.59 Å². The summed E-state index contributed by atoms with van der Waals surface area (Å²) < 4.78 is 0. The average molecular weight is 304 g/mol. The minimum Gasteiger partial charge on any atom is -0.294 e. The molecular weight excluding hydrogens is 284 g/mol. The third-order valence-electron chi connectivity index (χ3n) is 3.69. The van der Waals surface area contributed by atoms with Crippen molar-refractivity contribution in [3.8, 4) is 0 Å². The molecule has 0 aliphatic carbocycles. The highest BCUT2D eigenvalue weighted by Gasteiger charge is 2.32. The van der Waals surface area contributed by atoms with Crippen molar-refractivity contribution in [2.45, 2.75) is 13.8 Å². The first-order valence-electron chi connectivity index (χ1n) is 7.55. The molecule has 0 amide bonds. The fourth-order valence-corrected chi connectivity index (χ4v) is 2.01. The van der Waals surface area contributed by atoms with Crippen LogP contribution in [0, 0.1) is 5.41 Å². The van der Waals surface area contributed by atoms with Crippen molar-refractivity contribution >= 4 is 23.7 Å². The molecule has 0 spiro atoms. The van der Waals surface area contributed by atoms with Crippen molar-refractivity contribution in [3.63, 3.8) is 0 Å². The molecule has 0 fully saturated rings. The second-order valence-corrected chi connectivity index (χ2v) is 5.84. The maximum absolute atomic E-state index is 12.3. The van der Waals surface area contributed by atoms with Gasteiger partial charge in [-0.15, -0.1) is 0 Å². The third-order valence-corrected chi connectivity index (χ3v) is 3.69. The lowest BCUT2D eigenvalue weighted by molar-refractivity contribution is -0.132. The Morgan fingerprint density at radius 1 is 0.696 bits per heavy atom. The molecule has 2 aromatic rings. The largest absolute Gasteiger partial charge is 0.294 e. The Morgan fingerprint density at radius 2 is 1.04 bits per heavy atom. The van der Waals surface area contributed by atoms with Gasteiger partial charge in [0.25, 0.3) is 0 Å². The van der Waals surface area contributed by atoms with Gasteiger partial charge in [0, 0.05) is 0 Å². The van der Waals surface area contributed by atoms with E-state index in [1.807, 2.05) is 60.7 Å². The molecule has 0 unspecified atom stereocenters. The van der Waals surface area contributed by atoms with E-state index in [1.165, 1.54) is 12.2 Å². The Kier molecular flexibility index (Phi) is 5.42. The lowest BCUT2D eigenvalue weighted by atomic mass is 9.82. The molecule has 2 heteroatoms. The summed E-state index contributed by atoms with van der Waals surface area (Å²) in [6.45, 7) is 3.31. The molecule has 0 aliphatic heterocycles. The van der Waals surface area contributed by atoms with Crippen LogP contribution in [0.2, 0.25) is 0 Å².